The molecule has 0 saturated carbocycles. The highest BCUT2D eigenvalue weighted by Gasteiger charge is 2.51. The van der Waals surface area contributed by atoms with E-state index in [1.54, 1.807) is 18.6 Å². The lowest BCUT2D eigenvalue weighted by molar-refractivity contribution is 0.00578. The van der Waals surface area contributed by atoms with E-state index in [-0.39, 0.29) is 18.3 Å². The van der Waals surface area contributed by atoms with Crippen LogP contribution >= 0.6 is 0 Å². The van der Waals surface area contributed by atoms with Crippen LogP contribution in [0.15, 0.2) is 37.1 Å². The molecule has 3 heterocycles. The minimum Gasteiger partial charge on any atom is -0.399 e. The first-order valence-electron chi connectivity index (χ1n) is 6.96. The zero-order chi connectivity index (χ0) is 15.1. The third-order valence-corrected chi connectivity index (χ3v) is 4.17. The largest absolute Gasteiger partial charge is 0.496 e. The minimum absolute atomic E-state index is 0.344. The number of nitrogens with zero attached hydrogens (tertiary/aromatic N) is 3. The molecule has 108 valence electrons. The van der Waals surface area contributed by atoms with Crippen LogP contribution in [0.25, 0.3) is 11.3 Å². The molecule has 1 saturated heterocycles. The van der Waals surface area contributed by atoms with E-state index < -0.39 is 0 Å². The van der Waals surface area contributed by atoms with Crippen LogP contribution < -0.4 is 5.46 Å². The highest BCUT2D eigenvalue weighted by Crippen LogP contribution is 2.36. The van der Waals surface area contributed by atoms with Gasteiger partial charge in [0.2, 0.25) is 0 Å². The van der Waals surface area contributed by atoms with Crippen LogP contribution in [0.2, 0.25) is 0 Å². The summed E-state index contributed by atoms with van der Waals surface area (Å²) >= 11 is 0. The molecule has 0 unspecified atom stereocenters. The van der Waals surface area contributed by atoms with Crippen molar-refractivity contribution in [3.05, 3.63) is 37.1 Å². The van der Waals surface area contributed by atoms with Crippen molar-refractivity contribution < 1.29 is 9.31 Å². The Kier molecular flexibility index (Phi) is 3.30. The maximum Gasteiger partial charge on any atom is 0.496 e. The fourth-order valence-electron chi connectivity index (χ4n) is 2.13. The van der Waals surface area contributed by atoms with Gasteiger partial charge in [-0.15, -0.1) is 0 Å². The van der Waals surface area contributed by atoms with Crippen molar-refractivity contribution in [2.45, 2.75) is 38.9 Å². The summed E-state index contributed by atoms with van der Waals surface area (Å²) in [7, 11) is -0.386. The lowest BCUT2D eigenvalue weighted by atomic mass is 9.80. The van der Waals surface area contributed by atoms with Crippen molar-refractivity contribution in [3.8, 4) is 11.3 Å². The van der Waals surface area contributed by atoms with E-state index in [0.29, 0.717) is 0 Å². The van der Waals surface area contributed by atoms with Gasteiger partial charge in [-0.25, -0.2) is 9.97 Å². The van der Waals surface area contributed by atoms with E-state index in [9.17, 15) is 0 Å². The molecule has 0 bridgehead atoms. The Balaban J connectivity index is 1.83. The zero-order valence-electron chi connectivity index (χ0n) is 12.7. The van der Waals surface area contributed by atoms with Crippen LogP contribution in [-0.4, -0.2) is 33.3 Å². The second kappa shape index (κ2) is 4.89. The zero-order valence-corrected chi connectivity index (χ0v) is 12.7. The Morgan fingerprint density at radius 2 is 1.52 bits per heavy atom. The van der Waals surface area contributed by atoms with Gasteiger partial charge in [0, 0.05) is 29.6 Å². The van der Waals surface area contributed by atoms with Gasteiger partial charge in [0.25, 0.3) is 0 Å². The Labute approximate surface area is 124 Å². The number of rotatable bonds is 2. The van der Waals surface area contributed by atoms with Gasteiger partial charge in [-0.2, -0.15) is 0 Å². The molecule has 1 fully saturated rings. The molecule has 0 spiro atoms. The monoisotopic (exact) mass is 283 g/mol. The second-order valence-corrected chi connectivity index (χ2v) is 6.19. The van der Waals surface area contributed by atoms with Crippen LogP contribution in [0.1, 0.15) is 27.7 Å². The van der Waals surface area contributed by atoms with Crippen molar-refractivity contribution in [1.29, 1.82) is 0 Å². The average molecular weight is 283 g/mol. The summed E-state index contributed by atoms with van der Waals surface area (Å²) < 4.78 is 12.0. The maximum absolute atomic E-state index is 6.01. The molecule has 6 heteroatoms. The SMILES string of the molecule is CC1(C)OB(c2ccc(-c3cncnc3)nc2)OC1(C)C. The molecule has 2 aromatic rings. The molecule has 1 aliphatic rings. The topological polar surface area (TPSA) is 57.1 Å². The van der Waals surface area contributed by atoms with E-state index in [4.69, 9.17) is 9.31 Å². The molecule has 0 radical (unpaired) electrons. The van der Waals surface area contributed by atoms with Crippen LogP contribution in [0.4, 0.5) is 0 Å². The Morgan fingerprint density at radius 1 is 0.905 bits per heavy atom. The molecule has 0 N–H and O–H groups in total. The lowest BCUT2D eigenvalue weighted by Gasteiger charge is -2.32. The molecule has 0 atom stereocenters. The highest BCUT2D eigenvalue weighted by molar-refractivity contribution is 6.62. The summed E-state index contributed by atoms with van der Waals surface area (Å²) in [5, 5.41) is 0. The van der Waals surface area contributed by atoms with Crippen molar-refractivity contribution in [3.63, 3.8) is 0 Å². The van der Waals surface area contributed by atoms with E-state index in [1.165, 1.54) is 6.33 Å². The summed E-state index contributed by atoms with van der Waals surface area (Å²) in [4.78, 5) is 12.4. The summed E-state index contributed by atoms with van der Waals surface area (Å²) in [6.07, 6.45) is 6.76. The van der Waals surface area contributed by atoms with Crippen molar-refractivity contribution in [1.82, 2.24) is 15.0 Å². The number of aromatic nitrogens is 3. The van der Waals surface area contributed by atoms with Gasteiger partial charge in [-0.05, 0) is 33.8 Å². The highest BCUT2D eigenvalue weighted by atomic mass is 16.7. The number of hydrogen-bond donors (Lipinski definition) is 0. The Bertz CT molecular complexity index is 613. The molecule has 21 heavy (non-hydrogen) atoms. The molecular formula is C15H18BN3O2. The Morgan fingerprint density at radius 3 is 2.05 bits per heavy atom. The summed E-state index contributed by atoms with van der Waals surface area (Å²) in [5.41, 5.74) is 1.94. The smallest absolute Gasteiger partial charge is 0.399 e. The molecule has 0 aliphatic carbocycles. The van der Waals surface area contributed by atoms with E-state index in [2.05, 4.69) is 15.0 Å². The summed E-state index contributed by atoms with van der Waals surface area (Å²) in [5.74, 6) is 0. The first kappa shape index (κ1) is 14.2. The van der Waals surface area contributed by atoms with Gasteiger partial charge in [0.05, 0.1) is 16.9 Å². The first-order chi connectivity index (χ1) is 9.89. The second-order valence-electron chi connectivity index (χ2n) is 6.19. The molecule has 5 nitrogen and oxygen atoms in total. The number of hydrogen-bond acceptors (Lipinski definition) is 5. The standard InChI is InChI=1S/C15H18BN3O2/c1-14(2)15(3,4)21-16(20-14)12-5-6-13(19-9-12)11-7-17-10-18-8-11/h5-10H,1-4H3. The van der Waals surface area contributed by atoms with E-state index in [0.717, 1.165) is 16.7 Å². The minimum atomic E-state index is -0.386. The van der Waals surface area contributed by atoms with Crippen LogP contribution in [0.3, 0.4) is 0 Å². The van der Waals surface area contributed by atoms with Gasteiger partial charge >= 0.3 is 7.12 Å². The normalized spacial score (nSPS) is 19.7. The summed E-state index contributed by atoms with van der Waals surface area (Å²) in [6.45, 7) is 8.15. The third-order valence-electron chi connectivity index (χ3n) is 4.17. The predicted molar refractivity (Wildman–Crippen MR) is 81.0 cm³/mol. The number of pyridine rings is 1. The molecular weight excluding hydrogens is 265 g/mol. The molecule has 2 aromatic heterocycles. The van der Waals surface area contributed by atoms with Gasteiger partial charge in [-0.3, -0.25) is 4.98 Å². The van der Waals surface area contributed by atoms with Crippen LogP contribution in [0, 0.1) is 0 Å². The quantitative estimate of drug-likeness (QED) is 0.787. The fourth-order valence-corrected chi connectivity index (χ4v) is 2.13. The van der Waals surface area contributed by atoms with E-state index in [1.807, 2.05) is 39.8 Å². The van der Waals surface area contributed by atoms with Crippen molar-refractivity contribution in [2.24, 2.45) is 0 Å². The average Bonchev–Trinajstić information content (AvgIpc) is 2.69. The van der Waals surface area contributed by atoms with Crippen LogP contribution in [0.5, 0.6) is 0 Å². The predicted octanol–water partition coefficient (Wildman–Crippen LogP) is 1.84. The molecule has 1 aliphatic heterocycles. The molecule has 0 aromatic carbocycles. The van der Waals surface area contributed by atoms with Crippen molar-refractivity contribution >= 4 is 12.6 Å². The molecule has 3 rings (SSSR count). The van der Waals surface area contributed by atoms with Crippen molar-refractivity contribution in [2.75, 3.05) is 0 Å². The van der Waals surface area contributed by atoms with Gasteiger partial charge in [0.15, 0.2) is 0 Å². The van der Waals surface area contributed by atoms with Crippen LogP contribution in [-0.2, 0) is 9.31 Å². The molecule has 0 amide bonds. The fraction of sp³-hybridized carbons (Fsp3) is 0.400. The van der Waals surface area contributed by atoms with Gasteiger partial charge in [0.1, 0.15) is 6.33 Å². The van der Waals surface area contributed by atoms with E-state index >= 15 is 0 Å². The lowest BCUT2D eigenvalue weighted by Crippen LogP contribution is -2.41. The maximum atomic E-state index is 6.01. The van der Waals surface area contributed by atoms with Gasteiger partial charge < -0.3 is 9.31 Å². The first-order valence-corrected chi connectivity index (χ1v) is 6.96. The summed E-state index contributed by atoms with van der Waals surface area (Å²) in [6, 6.07) is 3.90. The third kappa shape index (κ3) is 2.56. The van der Waals surface area contributed by atoms with Gasteiger partial charge in [-0.1, -0.05) is 6.07 Å². The Hall–Kier alpha value is -1.79.